The second-order valence-corrected chi connectivity index (χ2v) is 13.2. The average molecular weight is 447 g/mol. The van der Waals surface area contributed by atoms with E-state index in [2.05, 4.69) is 25.6 Å². The van der Waals surface area contributed by atoms with Crippen LogP contribution in [0.2, 0.25) is 0 Å². The Kier molecular flexibility index (Phi) is 6.01. The molecule has 4 saturated carbocycles. The van der Waals surface area contributed by atoms with Crippen LogP contribution < -0.4 is 11.5 Å². The van der Waals surface area contributed by atoms with Crippen LogP contribution in [-0.4, -0.2) is 36.2 Å². The van der Waals surface area contributed by atoms with Crippen LogP contribution >= 0.6 is 11.8 Å². The number of carbonyl (C=O) groups excluding carboxylic acids is 1. The van der Waals surface area contributed by atoms with Crippen LogP contribution in [0, 0.1) is 40.4 Å². The van der Waals surface area contributed by atoms with Gasteiger partial charge in [0.05, 0.1) is 0 Å². The lowest BCUT2D eigenvalue weighted by Gasteiger charge is -2.61. The molecule has 1 heterocycles. The lowest BCUT2D eigenvalue weighted by molar-refractivity contribution is -0.135. The van der Waals surface area contributed by atoms with Crippen LogP contribution in [0.15, 0.2) is 11.6 Å². The van der Waals surface area contributed by atoms with E-state index in [0.717, 1.165) is 34.7 Å². The van der Waals surface area contributed by atoms with E-state index >= 15 is 0 Å². The fourth-order valence-corrected chi connectivity index (χ4v) is 10.2. The van der Waals surface area contributed by atoms with Crippen molar-refractivity contribution in [2.24, 2.45) is 51.9 Å². The summed E-state index contributed by atoms with van der Waals surface area (Å²) in [5.41, 5.74) is 14.0. The van der Waals surface area contributed by atoms with Gasteiger partial charge in [-0.15, -0.1) is 0 Å². The van der Waals surface area contributed by atoms with Gasteiger partial charge in [0.15, 0.2) is 0 Å². The van der Waals surface area contributed by atoms with Crippen LogP contribution in [0.25, 0.3) is 0 Å². The van der Waals surface area contributed by atoms with Crippen LogP contribution in [0.3, 0.4) is 0 Å². The maximum atomic E-state index is 11.7. The van der Waals surface area contributed by atoms with E-state index < -0.39 is 0 Å². The molecule has 174 valence electrons. The molecule has 5 heteroatoms. The Hall–Kier alpha value is -0.520. The molecule has 0 bridgehead atoms. The molecule has 4 aliphatic carbocycles. The SMILES string of the molecule is C[C@]12CC[C@H](SCC(N)CN)C[C@H]1CC[C@@H]1[C@@H]2CC[C@]2(C)[C@@H](C3=CC(=O)OC3)CC[C@@H]12. The normalized spacial score (nSPS) is 47.7. The number of rotatable bonds is 5. The van der Waals surface area contributed by atoms with Gasteiger partial charge in [0.1, 0.15) is 6.61 Å². The van der Waals surface area contributed by atoms with Gasteiger partial charge in [-0.1, -0.05) is 13.8 Å². The molecule has 0 radical (unpaired) electrons. The highest BCUT2D eigenvalue weighted by Crippen LogP contribution is 2.68. The van der Waals surface area contributed by atoms with Crippen LogP contribution in [0.5, 0.6) is 0 Å². The molecule has 0 spiro atoms. The summed E-state index contributed by atoms with van der Waals surface area (Å²) in [5, 5.41) is 0.781. The first-order valence-corrected chi connectivity index (χ1v) is 13.8. The molecule has 9 atom stereocenters. The van der Waals surface area contributed by atoms with E-state index in [9.17, 15) is 4.79 Å². The number of cyclic esters (lactones) is 1. The summed E-state index contributed by atoms with van der Waals surface area (Å²) in [6.07, 6.45) is 14.1. The Labute approximate surface area is 192 Å². The number of esters is 1. The molecule has 0 aromatic carbocycles. The summed E-state index contributed by atoms with van der Waals surface area (Å²) in [6, 6.07) is 0.149. The minimum absolute atomic E-state index is 0.120. The fourth-order valence-electron chi connectivity index (χ4n) is 8.90. The van der Waals surface area contributed by atoms with Gasteiger partial charge in [-0.05, 0) is 104 Å². The van der Waals surface area contributed by atoms with Crippen molar-refractivity contribution in [1.29, 1.82) is 0 Å². The van der Waals surface area contributed by atoms with Crippen molar-refractivity contribution in [3.63, 3.8) is 0 Å². The zero-order chi connectivity index (χ0) is 21.8. The topological polar surface area (TPSA) is 78.3 Å². The highest BCUT2D eigenvalue weighted by Gasteiger charge is 2.60. The minimum atomic E-state index is -0.120. The van der Waals surface area contributed by atoms with Gasteiger partial charge < -0.3 is 16.2 Å². The number of fused-ring (bicyclic) bond motifs is 5. The van der Waals surface area contributed by atoms with E-state index in [0.29, 0.717) is 29.9 Å². The smallest absolute Gasteiger partial charge is 0.331 e. The predicted octanol–water partition coefficient (Wildman–Crippen LogP) is 4.52. The van der Waals surface area contributed by atoms with Gasteiger partial charge >= 0.3 is 5.97 Å². The van der Waals surface area contributed by atoms with Crippen molar-refractivity contribution in [2.45, 2.75) is 82.9 Å². The molecule has 0 aromatic rings. The number of carbonyl (C=O) groups is 1. The molecule has 4 N–H and O–H groups in total. The fraction of sp³-hybridized carbons (Fsp3) is 0.885. The summed E-state index contributed by atoms with van der Waals surface area (Å²) >= 11 is 2.09. The second-order valence-electron chi connectivity index (χ2n) is 11.9. The molecule has 5 aliphatic rings. The molecule has 0 aromatic heterocycles. The third-order valence-corrected chi connectivity index (χ3v) is 12.1. The maximum absolute atomic E-state index is 11.7. The van der Waals surface area contributed by atoms with Crippen molar-refractivity contribution in [1.82, 2.24) is 0 Å². The Bertz CT molecular complexity index is 741. The molecular weight excluding hydrogens is 404 g/mol. The Balaban J connectivity index is 1.28. The average Bonchev–Trinajstić information content (AvgIpc) is 3.34. The van der Waals surface area contributed by atoms with Crippen LogP contribution in [0.1, 0.15) is 71.6 Å². The first-order chi connectivity index (χ1) is 14.8. The molecule has 31 heavy (non-hydrogen) atoms. The highest BCUT2D eigenvalue weighted by molar-refractivity contribution is 7.99. The maximum Gasteiger partial charge on any atom is 0.331 e. The molecule has 1 unspecified atom stereocenters. The Morgan fingerprint density at radius 2 is 1.87 bits per heavy atom. The lowest BCUT2D eigenvalue weighted by atomic mass is 9.44. The van der Waals surface area contributed by atoms with E-state index in [1.165, 1.54) is 63.4 Å². The van der Waals surface area contributed by atoms with Crippen molar-refractivity contribution < 1.29 is 9.53 Å². The molecule has 4 nitrogen and oxygen atoms in total. The van der Waals surface area contributed by atoms with E-state index in [1.54, 1.807) is 0 Å². The number of hydrogen-bond donors (Lipinski definition) is 2. The Morgan fingerprint density at radius 1 is 1.10 bits per heavy atom. The lowest BCUT2D eigenvalue weighted by Crippen LogP contribution is -2.53. The minimum Gasteiger partial charge on any atom is -0.458 e. The summed E-state index contributed by atoms with van der Waals surface area (Å²) in [5.74, 6) is 4.97. The number of thioether (sulfide) groups is 1. The van der Waals surface area contributed by atoms with Crippen molar-refractivity contribution in [3.05, 3.63) is 11.6 Å². The van der Waals surface area contributed by atoms with E-state index in [-0.39, 0.29) is 12.0 Å². The van der Waals surface area contributed by atoms with Crippen molar-refractivity contribution in [3.8, 4) is 0 Å². The monoisotopic (exact) mass is 446 g/mol. The highest BCUT2D eigenvalue weighted by atomic mass is 32.2. The number of ether oxygens (including phenoxy) is 1. The summed E-state index contributed by atoms with van der Waals surface area (Å²) < 4.78 is 5.30. The van der Waals surface area contributed by atoms with Gasteiger partial charge in [0.2, 0.25) is 0 Å². The summed E-state index contributed by atoms with van der Waals surface area (Å²) in [7, 11) is 0. The van der Waals surface area contributed by atoms with Gasteiger partial charge in [-0.3, -0.25) is 0 Å². The molecule has 0 amide bonds. The molecule has 0 saturated heterocycles. The largest absolute Gasteiger partial charge is 0.458 e. The van der Waals surface area contributed by atoms with Crippen molar-refractivity contribution >= 4 is 17.7 Å². The van der Waals surface area contributed by atoms with Crippen LogP contribution in [0.4, 0.5) is 0 Å². The molecular formula is C26H42N2O2S. The second kappa shape index (κ2) is 8.36. The van der Waals surface area contributed by atoms with E-state index in [1.807, 2.05) is 6.08 Å². The van der Waals surface area contributed by atoms with Gasteiger partial charge in [-0.25, -0.2) is 4.79 Å². The van der Waals surface area contributed by atoms with E-state index in [4.69, 9.17) is 16.2 Å². The first kappa shape index (κ1) is 22.3. The molecule has 5 rings (SSSR count). The Morgan fingerprint density at radius 3 is 2.61 bits per heavy atom. The molecule has 4 fully saturated rings. The number of hydrogen-bond acceptors (Lipinski definition) is 5. The molecule has 1 aliphatic heterocycles. The van der Waals surface area contributed by atoms with Gasteiger partial charge in [-0.2, -0.15) is 11.8 Å². The quantitative estimate of drug-likeness (QED) is 0.607. The van der Waals surface area contributed by atoms with Crippen LogP contribution in [-0.2, 0) is 9.53 Å². The van der Waals surface area contributed by atoms with Crippen molar-refractivity contribution in [2.75, 3.05) is 18.9 Å². The van der Waals surface area contributed by atoms with Gasteiger partial charge in [0.25, 0.3) is 0 Å². The zero-order valence-corrected chi connectivity index (χ0v) is 20.3. The number of nitrogens with two attached hydrogens (primary N) is 2. The predicted molar refractivity (Wildman–Crippen MR) is 128 cm³/mol. The third kappa shape index (κ3) is 3.71. The van der Waals surface area contributed by atoms with Gasteiger partial charge in [0, 0.05) is 29.7 Å². The standard InChI is InChI=1S/C26H42N2O2S/c1-25-9-7-19(31-15-18(28)13-27)12-17(25)3-4-20-22-6-5-21(16-11-24(29)30-14-16)26(22,2)10-8-23(20)25/h11,17-23H,3-10,12-15,27-28H2,1-2H3/t17-,18?,19+,20+,21-,22+,23+,25+,26-/m1/s1. The summed E-state index contributed by atoms with van der Waals surface area (Å²) in [6.45, 7) is 6.36. The summed E-state index contributed by atoms with van der Waals surface area (Å²) in [4.78, 5) is 11.7. The first-order valence-electron chi connectivity index (χ1n) is 12.8. The third-order valence-electron chi connectivity index (χ3n) is 10.6. The zero-order valence-electron chi connectivity index (χ0n) is 19.5.